The summed E-state index contributed by atoms with van der Waals surface area (Å²) in [7, 11) is 0. The molecule has 2 atom stereocenters. The molecule has 2 unspecified atom stereocenters. The van der Waals surface area contributed by atoms with Gasteiger partial charge >= 0.3 is 0 Å². The van der Waals surface area contributed by atoms with Crippen molar-refractivity contribution in [3.63, 3.8) is 0 Å². The zero-order valence-corrected chi connectivity index (χ0v) is 23.0. The molecule has 2 amide bonds. The van der Waals surface area contributed by atoms with Gasteiger partial charge in [0.25, 0.3) is 11.8 Å². The number of carbonyl (C=O) groups is 2. The van der Waals surface area contributed by atoms with Crippen molar-refractivity contribution < 1.29 is 14.3 Å². The number of benzene rings is 2. The van der Waals surface area contributed by atoms with Crippen molar-refractivity contribution in [1.82, 2.24) is 0 Å². The van der Waals surface area contributed by atoms with Crippen molar-refractivity contribution in [2.24, 2.45) is 11.3 Å². The summed E-state index contributed by atoms with van der Waals surface area (Å²) in [4.78, 5) is 27.9. The van der Waals surface area contributed by atoms with Gasteiger partial charge in [-0.15, -0.1) is 11.3 Å². The van der Waals surface area contributed by atoms with E-state index in [2.05, 4.69) is 31.4 Å². The topological polar surface area (TPSA) is 67.4 Å². The van der Waals surface area contributed by atoms with E-state index in [4.69, 9.17) is 16.3 Å². The van der Waals surface area contributed by atoms with Crippen molar-refractivity contribution >= 4 is 45.4 Å². The number of amides is 2. The van der Waals surface area contributed by atoms with Crippen LogP contribution in [0.4, 0.5) is 10.7 Å². The molecule has 0 fully saturated rings. The second-order valence-electron chi connectivity index (χ2n) is 10.5. The molecule has 190 valence electrons. The molecule has 1 aromatic heterocycles. The molecule has 0 bridgehead atoms. The Morgan fingerprint density at radius 1 is 1.11 bits per heavy atom. The zero-order valence-electron chi connectivity index (χ0n) is 21.4. The van der Waals surface area contributed by atoms with Gasteiger partial charge in [-0.05, 0) is 79.8 Å². The normalized spacial score (nSPS) is 16.1. The molecule has 0 saturated carbocycles. The summed E-state index contributed by atoms with van der Waals surface area (Å²) in [6.45, 7) is 10.4. The summed E-state index contributed by atoms with van der Waals surface area (Å²) in [5.41, 5.74) is 3.53. The molecule has 4 rings (SSSR count). The molecule has 0 saturated heterocycles. The lowest BCUT2D eigenvalue weighted by Gasteiger charge is -2.33. The molecule has 5 nitrogen and oxygen atoms in total. The Balaban J connectivity index is 1.62. The lowest BCUT2D eigenvalue weighted by molar-refractivity contribution is -0.122. The molecule has 2 aromatic carbocycles. The van der Waals surface area contributed by atoms with Crippen molar-refractivity contribution in [1.29, 1.82) is 0 Å². The number of aryl methyl sites for hydroxylation is 1. The van der Waals surface area contributed by atoms with Crippen LogP contribution >= 0.6 is 22.9 Å². The van der Waals surface area contributed by atoms with E-state index in [1.165, 1.54) is 16.2 Å². The lowest BCUT2D eigenvalue weighted by atomic mass is 9.72. The van der Waals surface area contributed by atoms with E-state index in [1.807, 2.05) is 31.2 Å². The quantitative estimate of drug-likeness (QED) is 0.350. The fraction of sp³-hybridized carbons (Fsp3) is 0.379. The minimum atomic E-state index is -0.766. The summed E-state index contributed by atoms with van der Waals surface area (Å²) in [6.07, 6.45) is 1.96. The number of ether oxygens (including phenoxy) is 1. The predicted octanol–water partition coefficient (Wildman–Crippen LogP) is 7.52. The highest BCUT2D eigenvalue weighted by Gasteiger charge is 2.34. The SMILES string of the molecule is Cc1ccccc1NC(=O)c1c(NC(=O)C(C)Oc2cccc(Cl)c2)sc2c1CCC(C(C)(C)C)C2. The Morgan fingerprint density at radius 2 is 1.86 bits per heavy atom. The highest BCUT2D eigenvalue weighted by atomic mass is 35.5. The molecule has 3 aromatic rings. The van der Waals surface area contributed by atoms with Crippen LogP contribution in [0.15, 0.2) is 48.5 Å². The summed E-state index contributed by atoms with van der Waals surface area (Å²) in [6, 6.07) is 14.6. The van der Waals surface area contributed by atoms with Crippen LogP contribution in [0.5, 0.6) is 5.75 Å². The number of halogens is 1. The second kappa shape index (κ2) is 10.7. The van der Waals surface area contributed by atoms with Crippen molar-refractivity contribution in [3.05, 3.63) is 75.1 Å². The summed E-state index contributed by atoms with van der Waals surface area (Å²) in [5.74, 6) is 0.520. The Hall–Kier alpha value is -2.83. The van der Waals surface area contributed by atoms with Crippen molar-refractivity contribution in [3.8, 4) is 5.75 Å². The van der Waals surface area contributed by atoms with Gasteiger partial charge in [0.1, 0.15) is 10.8 Å². The number of nitrogens with one attached hydrogen (secondary N) is 2. The van der Waals surface area contributed by atoms with Gasteiger partial charge in [-0.2, -0.15) is 0 Å². The zero-order chi connectivity index (χ0) is 26.0. The van der Waals surface area contributed by atoms with Crippen LogP contribution in [0.3, 0.4) is 0 Å². The number of hydrogen-bond acceptors (Lipinski definition) is 4. The molecule has 1 aliphatic carbocycles. The lowest BCUT2D eigenvalue weighted by Crippen LogP contribution is -2.30. The average Bonchev–Trinajstić information content (AvgIpc) is 3.17. The van der Waals surface area contributed by atoms with Crippen molar-refractivity contribution in [2.75, 3.05) is 10.6 Å². The molecule has 36 heavy (non-hydrogen) atoms. The summed E-state index contributed by atoms with van der Waals surface area (Å²) in [5, 5.41) is 7.17. The molecule has 2 N–H and O–H groups in total. The second-order valence-corrected chi connectivity index (χ2v) is 12.0. The van der Waals surface area contributed by atoms with E-state index in [9.17, 15) is 9.59 Å². The Morgan fingerprint density at radius 3 is 2.56 bits per heavy atom. The first-order valence-corrected chi connectivity index (χ1v) is 13.5. The molecule has 1 heterocycles. The van der Waals surface area contributed by atoms with Crippen molar-refractivity contribution in [2.45, 2.75) is 60.0 Å². The van der Waals surface area contributed by atoms with Gasteiger partial charge < -0.3 is 15.4 Å². The largest absolute Gasteiger partial charge is 0.481 e. The average molecular weight is 525 g/mol. The van der Waals surface area contributed by atoms with E-state index in [0.717, 1.165) is 36.1 Å². The molecule has 0 radical (unpaired) electrons. The van der Waals surface area contributed by atoms with Gasteiger partial charge in [0.05, 0.1) is 5.56 Å². The van der Waals surface area contributed by atoms with E-state index in [1.54, 1.807) is 31.2 Å². The maximum atomic E-state index is 13.6. The Bertz CT molecular complexity index is 1280. The van der Waals surface area contributed by atoms with Crippen LogP contribution in [0.1, 0.15) is 60.5 Å². The highest BCUT2D eigenvalue weighted by molar-refractivity contribution is 7.17. The van der Waals surface area contributed by atoms with Gasteiger partial charge in [0, 0.05) is 15.6 Å². The van der Waals surface area contributed by atoms with Gasteiger partial charge in [0.2, 0.25) is 0 Å². The van der Waals surface area contributed by atoms with E-state index >= 15 is 0 Å². The number of para-hydroxylation sites is 1. The van der Waals surface area contributed by atoms with Gasteiger partial charge in [-0.1, -0.05) is 56.6 Å². The molecular weight excluding hydrogens is 492 g/mol. The maximum Gasteiger partial charge on any atom is 0.265 e. The van der Waals surface area contributed by atoms with Crippen LogP contribution in [0.25, 0.3) is 0 Å². The monoisotopic (exact) mass is 524 g/mol. The number of hydrogen-bond donors (Lipinski definition) is 2. The van der Waals surface area contributed by atoms with Crippen LogP contribution in [0, 0.1) is 18.3 Å². The minimum Gasteiger partial charge on any atom is -0.481 e. The maximum absolute atomic E-state index is 13.6. The summed E-state index contributed by atoms with van der Waals surface area (Å²) >= 11 is 7.56. The minimum absolute atomic E-state index is 0.175. The number of thiophene rings is 1. The first-order chi connectivity index (χ1) is 17.0. The van der Waals surface area contributed by atoms with Crippen LogP contribution in [0.2, 0.25) is 5.02 Å². The molecule has 7 heteroatoms. The Labute approximate surface area is 222 Å². The smallest absolute Gasteiger partial charge is 0.265 e. The van der Waals surface area contributed by atoms with Gasteiger partial charge in [0.15, 0.2) is 6.10 Å². The Kier molecular flexibility index (Phi) is 7.76. The first kappa shape index (κ1) is 26.2. The standard InChI is InChI=1S/C29H33ClN2O3S/c1-17-9-6-7-12-23(17)31-27(34)25-22-14-13-19(29(3,4)5)15-24(22)36-28(25)32-26(33)18(2)35-21-11-8-10-20(30)16-21/h6-12,16,18-19H,13-15H2,1-5H3,(H,31,34)(H,32,33). The predicted molar refractivity (Wildman–Crippen MR) is 149 cm³/mol. The molecule has 0 spiro atoms. The van der Waals surface area contributed by atoms with Crippen LogP contribution < -0.4 is 15.4 Å². The summed E-state index contributed by atoms with van der Waals surface area (Å²) < 4.78 is 5.81. The van der Waals surface area contributed by atoms with Crippen LogP contribution in [-0.2, 0) is 17.6 Å². The first-order valence-electron chi connectivity index (χ1n) is 12.3. The molecule has 1 aliphatic rings. The fourth-order valence-electron chi connectivity index (χ4n) is 4.56. The van der Waals surface area contributed by atoms with E-state index < -0.39 is 6.10 Å². The fourth-order valence-corrected chi connectivity index (χ4v) is 6.07. The third-order valence-electron chi connectivity index (χ3n) is 6.83. The van der Waals surface area contributed by atoms with Crippen LogP contribution in [-0.4, -0.2) is 17.9 Å². The third-order valence-corrected chi connectivity index (χ3v) is 8.23. The van der Waals surface area contributed by atoms with Gasteiger partial charge in [-0.25, -0.2) is 0 Å². The number of anilines is 2. The van der Waals surface area contributed by atoms with E-state index in [0.29, 0.717) is 27.3 Å². The van der Waals surface area contributed by atoms with Gasteiger partial charge in [-0.3, -0.25) is 9.59 Å². The number of rotatable bonds is 6. The third kappa shape index (κ3) is 5.93. The molecule has 0 aliphatic heterocycles. The highest BCUT2D eigenvalue weighted by Crippen LogP contribution is 2.44. The number of fused-ring (bicyclic) bond motifs is 1. The molecular formula is C29H33ClN2O3S. The van der Waals surface area contributed by atoms with E-state index in [-0.39, 0.29) is 17.2 Å². The number of carbonyl (C=O) groups excluding carboxylic acids is 2.